The second-order valence-electron chi connectivity index (χ2n) is 4.54. The molecule has 2 N–H and O–H groups in total. The molecule has 1 saturated carbocycles. The molecule has 1 aliphatic carbocycles. The molecule has 0 aliphatic heterocycles. The summed E-state index contributed by atoms with van der Waals surface area (Å²) in [5.41, 5.74) is 1.86. The zero-order valence-electron chi connectivity index (χ0n) is 10.3. The molecule has 0 radical (unpaired) electrons. The lowest BCUT2D eigenvalue weighted by molar-refractivity contribution is 0.185. The van der Waals surface area contributed by atoms with Crippen LogP contribution in [0.3, 0.4) is 0 Å². The highest BCUT2D eigenvalue weighted by Gasteiger charge is 2.32. The van der Waals surface area contributed by atoms with Gasteiger partial charge in [-0.2, -0.15) is 0 Å². The normalized spacial score (nSPS) is 14.4. The second-order valence-corrected chi connectivity index (χ2v) is 5.40. The van der Waals surface area contributed by atoms with Crippen molar-refractivity contribution in [2.24, 2.45) is 0 Å². The lowest BCUT2D eigenvalue weighted by Crippen LogP contribution is -2.38. The van der Waals surface area contributed by atoms with Gasteiger partial charge in [-0.3, -0.25) is 0 Å². The van der Waals surface area contributed by atoms with E-state index < -0.39 is 0 Å². The van der Waals surface area contributed by atoms with Gasteiger partial charge < -0.3 is 15.3 Å². The molecule has 1 fully saturated rings. The highest BCUT2D eigenvalue weighted by atomic mass is 79.9. The third-order valence-corrected chi connectivity index (χ3v) is 3.89. The number of aliphatic hydroxyl groups is 1. The maximum absolute atomic E-state index is 12.1. The van der Waals surface area contributed by atoms with Gasteiger partial charge in [-0.25, -0.2) is 4.79 Å². The molecule has 18 heavy (non-hydrogen) atoms. The van der Waals surface area contributed by atoms with Gasteiger partial charge in [0.2, 0.25) is 0 Å². The molecule has 0 bridgehead atoms. The number of carbonyl (C=O) groups is 1. The van der Waals surface area contributed by atoms with Crippen molar-refractivity contribution in [2.45, 2.75) is 25.8 Å². The number of hydrogen-bond donors (Lipinski definition) is 2. The predicted molar refractivity (Wildman–Crippen MR) is 74.7 cm³/mol. The number of aliphatic hydroxyl groups excluding tert-OH is 1. The number of urea groups is 1. The number of nitrogens with zero attached hydrogens (tertiary/aromatic N) is 1. The summed E-state index contributed by atoms with van der Waals surface area (Å²) in [6, 6.07) is 5.87. The quantitative estimate of drug-likeness (QED) is 0.898. The fraction of sp³-hybridized carbons (Fsp3) is 0.462. The Morgan fingerprint density at radius 1 is 1.56 bits per heavy atom. The molecule has 0 saturated heterocycles. The summed E-state index contributed by atoms with van der Waals surface area (Å²) >= 11 is 3.43. The highest BCUT2D eigenvalue weighted by Crippen LogP contribution is 2.27. The zero-order chi connectivity index (χ0) is 13.1. The van der Waals surface area contributed by atoms with Crippen molar-refractivity contribution >= 4 is 27.6 Å². The summed E-state index contributed by atoms with van der Waals surface area (Å²) in [5.74, 6) is 0. The average Bonchev–Trinajstić information content (AvgIpc) is 3.15. The van der Waals surface area contributed by atoms with Crippen molar-refractivity contribution in [1.82, 2.24) is 4.90 Å². The molecule has 0 spiro atoms. The van der Waals surface area contributed by atoms with E-state index in [0.717, 1.165) is 28.6 Å². The van der Waals surface area contributed by atoms with E-state index in [4.69, 9.17) is 5.11 Å². The highest BCUT2D eigenvalue weighted by molar-refractivity contribution is 9.10. The van der Waals surface area contributed by atoms with Crippen LogP contribution in [-0.4, -0.2) is 35.2 Å². The van der Waals surface area contributed by atoms with Crippen molar-refractivity contribution in [2.75, 3.05) is 18.5 Å². The van der Waals surface area contributed by atoms with E-state index in [1.807, 2.05) is 25.1 Å². The van der Waals surface area contributed by atoms with Crippen LogP contribution in [0.2, 0.25) is 0 Å². The van der Waals surface area contributed by atoms with Crippen LogP contribution in [0.15, 0.2) is 22.7 Å². The maximum Gasteiger partial charge on any atom is 0.322 e. The van der Waals surface area contributed by atoms with Gasteiger partial charge in [-0.15, -0.1) is 0 Å². The molecule has 2 amide bonds. The topological polar surface area (TPSA) is 52.6 Å². The number of carbonyl (C=O) groups excluding carboxylic acids is 1. The molecule has 4 nitrogen and oxygen atoms in total. The third-order valence-electron chi connectivity index (χ3n) is 3.00. The van der Waals surface area contributed by atoms with Gasteiger partial charge in [0.25, 0.3) is 0 Å². The Bertz CT molecular complexity index is 447. The predicted octanol–water partition coefficient (Wildman–Crippen LogP) is 2.75. The van der Waals surface area contributed by atoms with Crippen LogP contribution in [0.1, 0.15) is 18.4 Å². The van der Waals surface area contributed by atoms with Gasteiger partial charge in [-0.1, -0.05) is 15.9 Å². The monoisotopic (exact) mass is 312 g/mol. The smallest absolute Gasteiger partial charge is 0.322 e. The molecule has 5 heteroatoms. The van der Waals surface area contributed by atoms with E-state index in [0.29, 0.717) is 12.6 Å². The first kappa shape index (κ1) is 13.4. The summed E-state index contributed by atoms with van der Waals surface area (Å²) in [6.07, 6.45) is 2.07. The molecule has 0 aromatic heterocycles. The minimum Gasteiger partial charge on any atom is -0.395 e. The number of aryl methyl sites for hydroxylation is 1. The van der Waals surface area contributed by atoms with Crippen LogP contribution < -0.4 is 5.32 Å². The first-order valence-corrected chi connectivity index (χ1v) is 6.85. The van der Waals surface area contributed by atoms with E-state index in [1.54, 1.807) is 4.90 Å². The van der Waals surface area contributed by atoms with Crippen LogP contribution in [0.4, 0.5) is 10.5 Å². The molecule has 98 valence electrons. The Morgan fingerprint density at radius 2 is 2.28 bits per heavy atom. The molecule has 1 aliphatic rings. The van der Waals surface area contributed by atoms with E-state index in [9.17, 15) is 4.79 Å². The number of benzene rings is 1. The van der Waals surface area contributed by atoms with Gasteiger partial charge in [0, 0.05) is 22.7 Å². The van der Waals surface area contributed by atoms with Crippen molar-refractivity contribution < 1.29 is 9.90 Å². The van der Waals surface area contributed by atoms with Gasteiger partial charge in [-0.05, 0) is 43.5 Å². The fourth-order valence-electron chi connectivity index (χ4n) is 1.86. The van der Waals surface area contributed by atoms with Gasteiger partial charge in [0.15, 0.2) is 0 Å². The molecular weight excluding hydrogens is 296 g/mol. The second kappa shape index (κ2) is 5.71. The molecular formula is C13H17BrN2O2. The van der Waals surface area contributed by atoms with E-state index in [2.05, 4.69) is 21.2 Å². The Hall–Kier alpha value is -1.07. The van der Waals surface area contributed by atoms with Crippen LogP contribution in [0, 0.1) is 6.92 Å². The Morgan fingerprint density at radius 3 is 2.83 bits per heavy atom. The number of hydrogen-bond acceptors (Lipinski definition) is 2. The first-order valence-electron chi connectivity index (χ1n) is 6.06. The maximum atomic E-state index is 12.1. The SMILES string of the molecule is Cc1cc(NC(=O)N(CCO)C2CC2)ccc1Br. The number of amides is 2. The summed E-state index contributed by atoms with van der Waals surface area (Å²) in [5, 5.41) is 11.9. The van der Waals surface area contributed by atoms with Gasteiger partial charge in [0.1, 0.15) is 0 Å². The minimum atomic E-state index is -0.131. The number of anilines is 1. The summed E-state index contributed by atoms with van der Waals surface area (Å²) in [4.78, 5) is 13.8. The van der Waals surface area contributed by atoms with Crippen LogP contribution in [0.25, 0.3) is 0 Å². The molecule has 0 unspecified atom stereocenters. The van der Waals surface area contributed by atoms with E-state index >= 15 is 0 Å². The van der Waals surface area contributed by atoms with E-state index in [1.165, 1.54) is 0 Å². The van der Waals surface area contributed by atoms with Crippen molar-refractivity contribution in [1.29, 1.82) is 0 Å². The molecule has 1 aromatic rings. The summed E-state index contributed by atoms with van der Waals surface area (Å²) < 4.78 is 1.02. The summed E-state index contributed by atoms with van der Waals surface area (Å²) in [7, 11) is 0. The van der Waals surface area contributed by atoms with Crippen molar-refractivity contribution in [3.8, 4) is 0 Å². The zero-order valence-corrected chi connectivity index (χ0v) is 11.9. The average molecular weight is 313 g/mol. The number of rotatable bonds is 4. The Balaban J connectivity index is 2.02. The summed E-state index contributed by atoms with van der Waals surface area (Å²) in [6.45, 7) is 2.38. The first-order chi connectivity index (χ1) is 8.61. The van der Waals surface area contributed by atoms with Crippen LogP contribution >= 0.6 is 15.9 Å². The Labute approximate surface area is 115 Å². The van der Waals surface area contributed by atoms with Gasteiger partial charge >= 0.3 is 6.03 Å². The molecule has 0 atom stereocenters. The molecule has 0 heterocycles. The minimum absolute atomic E-state index is 0.00326. The Kier molecular flexibility index (Phi) is 4.24. The van der Waals surface area contributed by atoms with Crippen molar-refractivity contribution in [3.63, 3.8) is 0 Å². The van der Waals surface area contributed by atoms with Gasteiger partial charge in [0.05, 0.1) is 6.61 Å². The largest absolute Gasteiger partial charge is 0.395 e. The van der Waals surface area contributed by atoms with Crippen LogP contribution in [0.5, 0.6) is 0 Å². The lowest BCUT2D eigenvalue weighted by atomic mass is 10.2. The standard InChI is InChI=1S/C13H17BrN2O2/c1-9-8-10(2-5-12(9)14)15-13(18)16(6-7-17)11-3-4-11/h2,5,8,11,17H,3-4,6-7H2,1H3,(H,15,18). The molecule has 1 aromatic carbocycles. The fourth-order valence-corrected chi connectivity index (χ4v) is 2.11. The van der Waals surface area contributed by atoms with Crippen LogP contribution in [-0.2, 0) is 0 Å². The number of halogens is 1. The lowest BCUT2D eigenvalue weighted by Gasteiger charge is -2.22. The number of nitrogens with one attached hydrogen (secondary N) is 1. The molecule has 2 rings (SSSR count). The third kappa shape index (κ3) is 3.23. The van der Waals surface area contributed by atoms with Crippen molar-refractivity contribution in [3.05, 3.63) is 28.2 Å². The van der Waals surface area contributed by atoms with E-state index in [-0.39, 0.29) is 12.6 Å².